The van der Waals surface area contributed by atoms with Gasteiger partial charge in [-0.25, -0.2) is 9.36 Å². The molecule has 0 saturated carbocycles. The lowest BCUT2D eigenvalue weighted by Gasteiger charge is -2.24. The second-order valence-corrected chi connectivity index (χ2v) is 7.47. The quantitative estimate of drug-likeness (QED) is 0.272. The summed E-state index contributed by atoms with van der Waals surface area (Å²) in [6.07, 6.45) is 6.42. The van der Waals surface area contributed by atoms with Crippen LogP contribution in [0, 0.1) is 0 Å². The van der Waals surface area contributed by atoms with Crippen LogP contribution in [-0.2, 0) is 18.1 Å². The normalized spacial score (nSPS) is 11.5. The first-order valence-corrected chi connectivity index (χ1v) is 10.9. The Kier molecular flexibility index (Phi) is 14.4. The lowest BCUT2D eigenvalue weighted by atomic mass is 10.3. The molecule has 0 fully saturated rings. The summed E-state index contributed by atoms with van der Waals surface area (Å²) in [6.45, 7) is 9.86. The molecule has 0 aromatic rings. The first kappa shape index (κ1) is 23.4. The number of unbranched alkanes of at least 4 members (excludes halogenated alkanes) is 4. The molecule has 7 heteroatoms. The van der Waals surface area contributed by atoms with Crippen molar-refractivity contribution in [1.29, 1.82) is 0 Å². The molecule has 0 saturated heterocycles. The Bertz CT molecular complexity index is 343. The van der Waals surface area contributed by atoms with Crippen LogP contribution < -0.4 is 0 Å². The van der Waals surface area contributed by atoms with E-state index in [1.165, 1.54) is 0 Å². The zero-order valence-corrected chi connectivity index (χ0v) is 16.8. The number of carbonyl (C=O) groups excluding carboxylic acids is 1. The average molecular weight is 365 g/mol. The van der Waals surface area contributed by atoms with Gasteiger partial charge in [-0.15, -0.1) is 0 Å². The van der Waals surface area contributed by atoms with Crippen LogP contribution in [0.25, 0.3) is 0 Å². The summed E-state index contributed by atoms with van der Waals surface area (Å²) in [5.41, 5.74) is 0. The molecular formula is C17H36NO5P. The number of hydrogen-bond acceptors (Lipinski definition) is 5. The zero-order chi connectivity index (χ0) is 18.3. The standard InChI is InChI=1S/C17H36NO5P/c1-5-9-13-18(14-10-6-2)17(19)23-24(20,21-15-11-7-3)22-16-12-8-4/h5-16H2,1-4H3. The molecule has 144 valence electrons. The largest absolute Gasteiger partial charge is 0.533 e. The third-order valence-corrected chi connectivity index (χ3v) is 4.88. The van der Waals surface area contributed by atoms with Gasteiger partial charge >= 0.3 is 13.9 Å². The highest BCUT2D eigenvalue weighted by Crippen LogP contribution is 2.50. The van der Waals surface area contributed by atoms with Gasteiger partial charge in [0.1, 0.15) is 0 Å². The molecule has 0 radical (unpaired) electrons. The highest BCUT2D eigenvalue weighted by molar-refractivity contribution is 7.49. The van der Waals surface area contributed by atoms with E-state index >= 15 is 0 Å². The highest BCUT2D eigenvalue weighted by atomic mass is 31.2. The van der Waals surface area contributed by atoms with Gasteiger partial charge in [-0.2, -0.15) is 0 Å². The molecule has 6 nitrogen and oxygen atoms in total. The average Bonchev–Trinajstić information content (AvgIpc) is 2.55. The molecule has 0 aromatic heterocycles. The molecule has 0 aliphatic rings. The number of amides is 1. The van der Waals surface area contributed by atoms with Crippen molar-refractivity contribution in [3.63, 3.8) is 0 Å². The van der Waals surface area contributed by atoms with Crippen molar-refractivity contribution in [2.45, 2.75) is 79.1 Å². The fraction of sp³-hybridized carbons (Fsp3) is 0.941. The maximum absolute atomic E-state index is 12.7. The third kappa shape index (κ3) is 11.1. The van der Waals surface area contributed by atoms with E-state index in [2.05, 4.69) is 13.8 Å². The number of carbonyl (C=O) groups is 1. The van der Waals surface area contributed by atoms with Crippen LogP contribution in [0.3, 0.4) is 0 Å². The smallest absolute Gasteiger partial charge is 0.353 e. The molecule has 0 rings (SSSR count). The van der Waals surface area contributed by atoms with Crippen molar-refractivity contribution >= 4 is 13.9 Å². The lowest BCUT2D eigenvalue weighted by molar-refractivity contribution is 0.1000. The van der Waals surface area contributed by atoms with Crippen molar-refractivity contribution in [2.24, 2.45) is 0 Å². The molecule has 0 atom stereocenters. The summed E-state index contributed by atoms with van der Waals surface area (Å²) in [5, 5.41) is 0. The maximum Gasteiger partial charge on any atom is 0.533 e. The van der Waals surface area contributed by atoms with Crippen LogP contribution in [0.15, 0.2) is 0 Å². The second-order valence-electron chi connectivity index (χ2n) is 5.87. The molecule has 0 heterocycles. The van der Waals surface area contributed by atoms with Gasteiger partial charge < -0.3 is 9.42 Å². The fourth-order valence-electron chi connectivity index (χ4n) is 1.88. The van der Waals surface area contributed by atoms with E-state index in [9.17, 15) is 9.36 Å². The molecule has 24 heavy (non-hydrogen) atoms. The topological polar surface area (TPSA) is 65.1 Å². The minimum absolute atomic E-state index is 0.261. The molecule has 0 aromatic carbocycles. The molecular weight excluding hydrogens is 329 g/mol. The van der Waals surface area contributed by atoms with E-state index in [-0.39, 0.29) is 13.2 Å². The number of phosphoric acid groups is 1. The van der Waals surface area contributed by atoms with E-state index in [1.807, 2.05) is 13.8 Å². The highest BCUT2D eigenvalue weighted by Gasteiger charge is 2.33. The SMILES string of the molecule is CCCCOP(=O)(OCCCC)OC(=O)N(CCCC)CCCC. The van der Waals surface area contributed by atoms with Crippen LogP contribution in [-0.4, -0.2) is 37.3 Å². The molecule has 0 unspecified atom stereocenters. The molecule has 0 bridgehead atoms. The van der Waals surface area contributed by atoms with Crippen LogP contribution >= 0.6 is 7.82 Å². The van der Waals surface area contributed by atoms with Crippen molar-refractivity contribution in [1.82, 2.24) is 4.90 Å². The van der Waals surface area contributed by atoms with E-state index < -0.39 is 13.9 Å². The maximum atomic E-state index is 12.7. The first-order valence-electron chi connectivity index (χ1n) is 9.40. The van der Waals surface area contributed by atoms with Crippen LogP contribution in [0.2, 0.25) is 0 Å². The minimum Gasteiger partial charge on any atom is -0.353 e. The second kappa shape index (κ2) is 14.7. The molecule has 0 spiro atoms. The summed E-state index contributed by atoms with van der Waals surface area (Å²) in [6, 6.07) is 0. The van der Waals surface area contributed by atoms with Gasteiger partial charge in [0.15, 0.2) is 0 Å². The van der Waals surface area contributed by atoms with E-state index in [4.69, 9.17) is 13.6 Å². The van der Waals surface area contributed by atoms with E-state index in [1.54, 1.807) is 4.90 Å². The van der Waals surface area contributed by atoms with E-state index in [0.717, 1.165) is 51.4 Å². The van der Waals surface area contributed by atoms with Gasteiger partial charge in [0.2, 0.25) is 0 Å². The Hall–Kier alpha value is -0.580. The molecule has 0 aliphatic carbocycles. The fourth-order valence-corrected chi connectivity index (χ4v) is 3.07. The number of hydrogen-bond donors (Lipinski definition) is 0. The summed E-state index contributed by atoms with van der Waals surface area (Å²) in [7, 11) is -3.84. The van der Waals surface area contributed by atoms with Gasteiger partial charge in [0.25, 0.3) is 0 Å². The van der Waals surface area contributed by atoms with Gasteiger partial charge in [-0.05, 0) is 25.7 Å². The Morgan fingerprint density at radius 2 is 1.21 bits per heavy atom. The van der Waals surface area contributed by atoms with Gasteiger partial charge in [0.05, 0.1) is 13.2 Å². The minimum atomic E-state index is -3.84. The van der Waals surface area contributed by atoms with Crippen LogP contribution in [0.4, 0.5) is 4.79 Å². The summed E-state index contributed by atoms with van der Waals surface area (Å²) < 4.78 is 28.5. The molecule has 1 amide bonds. The van der Waals surface area contributed by atoms with Crippen molar-refractivity contribution in [3.05, 3.63) is 0 Å². The summed E-state index contributed by atoms with van der Waals surface area (Å²) >= 11 is 0. The number of rotatable bonds is 15. The molecule has 0 aliphatic heterocycles. The summed E-state index contributed by atoms with van der Waals surface area (Å²) in [4.78, 5) is 14.0. The Balaban J connectivity index is 4.77. The van der Waals surface area contributed by atoms with Crippen molar-refractivity contribution < 1.29 is 22.9 Å². The van der Waals surface area contributed by atoms with Gasteiger partial charge in [-0.1, -0.05) is 53.4 Å². The van der Waals surface area contributed by atoms with Gasteiger partial charge in [0, 0.05) is 13.1 Å². The number of phosphoric ester groups is 1. The van der Waals surface area contributed by atoms with E-state index in [0.29, 0.717) is 13.1 Å². The zero-order valence-electron chi connectivity index (χ0n) is 15.9. The first-order chi connectivity index (χ1) is 11.5. The molecule has 0 N–H and O–H groups in total. The van der Waals surface area contributed by atoms with Gasteiger partial charge in [-0.3, -0.25) is 9.05 Å². The Morgan fingerprint density at radius 1 is 0.792 bits per heavy atom. The summed E-state index contributed by atoms with van der Waals surface area (Å²) in [5.74, 6) is 0. The van der Waals surface area contributed by atoms with Crippen LogP contribution in [0.5, 0.6) is 0 Å². The predicted octanol–water partition coefficient (Wildman–Crippen LogP) is 5.77. The van der Waals surface area contributed by atoms with Crippen molar-refractivity contribution in [2.75, 3.05) is 26.3 Å². The third-order valence-electron chi connectivity index (χ3n) is 3.51. The lowest BCUT2D eigenvalue weighted by Crippen LogP contribution is -2.33. The Labute approximate surface area is 147 Å². The predicted molar refractivity (Wildman–Crippen MR) is 97.2 cm³/mol. The van der Waals surface area contributed by atoms with Crippen molar-refractivity contribution in [3.8, 4) is 0 Å². The Morgan fingerprint density at radius 3 is 1.58 bits per heavy atom. The monoisotopic (exact) mass is 365 g/mol. The number of nitrogens with zero attached hydrogens (tertiary/aromatic N) is 1. The van der Waals surface area contributed by atoms with Crippen LogP contribution in [0.1, 0.15) is 79.1 Å².